The molecule has 30 heavy (non-hydrogen) atoms. The molecule has 2 amide bonds. The van der Waals surface area contributed by atoms with E-state index >= 15 is 0 Å². The van der Waals surface area contributed by atoms with Gasteiger partial charge in [-0.1, -0.05) is 6.92 Å². The SMILES string of the molecule is CCCN1CCC[C@@H]2c3cc(Br)c(Br)c4c3c(c(C)n4NC(=O)N(CC)CC)C[C@H]21. The molecular weight excluding hydrogens is 508 g/mol. The van der Waals surface area contributed by atoms with Crippen LogP contribution in [0.2, 0.25) is 0 Å². The van der Waals surface area contributed by atoms with Crippen LogP contribution in [0.1, 0.15) is 62.8 Å². The van der Waals surface area contributed by atoms with Gasteiger partial charge in [0.2, 0.25) is 0 Å². The highest BCUT2D eigenvalue weighted by Crippen LogP contribution is 2.48. The molecule has 1 aromatic heterocycles. The summed E-state index contributed by atoms with van der Waals surface area (Å²) in [6.45, 7) is 12.2. The van der Waals surface area contributed by atoms with Crippen molar-refractivity contribution in [3.05, 3.63) is 31.8 Å². The highest BCUT2D eigenvalue weighted by Gasteiger charge is 2.39. The van der Waals surface area contributed by atoms with E-state index in [1.807, 2.05) is 23.4 Å². The summed E-state index contributed by atoms with van der Waals surface area (Å²) >= 11 is 7.60. The van der Waals surface area contributed by atoms with Crippen LogP contribution in [-0.2, 0) is 6.42 Å². The van der Waals surface area contributed by atoms with E-state index in [4.69, 9.17) is 0 Å². The maximum absolute atomic E-state index is 12.9. The van der Waals surface area contributed by atoms with Crippen molar-refractivity contribution in [2.75, 3.05) is 31.6 Å². The van der Waals surface area contributed by atoms with Crippen molar-refractivity contribution in [1.82, 2.24) is 14.5 Å². The first-order chi connectivity index (χ1) is 14.4. The Hall–Kier alpha value is -1.05. The van der Waals surface area contributed by atoms with Crippen LogP contribution in [0.5, 0.6) is 0 Å². The first kappa shape index (κ1) is 22.2. The number of halogens is 2. The molecule has 0 unspecified atom stereocenters. The molecular formula is C23H32Br2N4O. The number of carbonyl (C=O) groups excluding carboxylic acids is 1. The number of nitrogens with zero attached hydrogens (tertiary/aromatic N) is 3. The van der Waals surface area contributed by atoms with Gasteiger partial charge in [-0.05, 0) is 109 Å². The summed E-state index contributed by atoms with van der Waals surface area (Å²) in [5.41, 5.74) is 8.24. The smallest absolute Gasteiger partial charge is 0.324 e. The number of hydrogen-bond donors (Lipinski definition) is 1. The molecule has 1 aliphatic heterocycles. The molecule has 1 fully saturated rings. The van der Waals surface area contributed by atoms with Gasteiger partial charge in [-0.3, -0.25) is 9.58 Å². The Morgan fingerprint density at radius 2 is 2.00 bits per heavy atom. The number of likely N-dealkylation sites (tertiary alicyclic amines) is 1. The zero-order valence-electron chi connectivity index (χ0n) is 18.4. The molecule has 7 heteroatoms. The van der Waals surface area contributed by atoms with Crippen LogP contribution < -0.4 is 5.43 Å². The Bertz CT molecular complexity index is 964. The molecule has 1 aromatic carbocycles. The Morgan fingerprint density at radius 3 is 2.67 bits per heavy atom. The molecule has 4 rings (SSSR count). The summed E-state index contributed by atoms with van der Waals surface area (Å²) in [5, 5.41) is 1.34. The molecule has 1 aliphatic carbocycles. The minimum absolute atomic E-state index is 0.0516. The molecule has 5 nitrogen and oxygen atoms in total. The molecule has 1 N–H and O–H groups in total. The standard InChI is InChI=1S/C23H32Br2N4O/c1-5-10-28-11-8-9-15-17-12-18(24)21(25)22-20(17)16(13-19(15)28)14(4)29(22)26-23(30)27(6-2)7-3/h12,15,19H,5-11,13H2,1-4H3,(H,26,30)/t15-,19-/m1/s1. The number of rotatable bonds is 5. The maximum atomic E-state index is 12.9. The summed E-state index contributed by atoms with van der Waals surface area (Å²) in [6.07, 6.45) is 4.74. The Morgan fingerprint density at radius 1 is 1.27 bits per heavy atom. The van der Waals surface area contributed by atoms with Gasteiger partial charge in [0.15, 0.2) is 0 Å². The van der Waals surface area contributed by atoms with Crippen molar-refractivity contribution in [1.29, 1.82) is 0 Å². The number of piperidine rings is 1. The van der Waals surface area contributed by atoms with Gasteiger partial charge in [-0.15, -0.1) is 0 Å². The van der Waals surface area contributed by atoms with E-state index in [-0.39, 0.29) is 6.03 Å². The van der Waals surface area contributed by atoms with E-state index in [2.05, 4.69) is 62.1 Å². The summed E-state index contributed by atoms with van der Waals surface area (Å²) < 4.78 is 4.08. The number of amides is 2. The molecule has 2 aliphatic rings. The zero-order chi connectivity index (χ0) is 21.6. The van der Waals surface area contributed by atoms with Gasteiger partial charge in [0, 0.05) is 40.6 Å². The predicted molar refractivity (Wildman–Crippen MR) is 131 cm³/mol. The first-order valence-electron chi connectivity index (χ1n) is 11.2. The summed E-state index contributed by atoms with van der Waals surface area (Å²) in [6, 6.07) is 2.82. The molecule has 2 heterocycles. The average Bonchev–Trinajstić information content (AvgIpc) is 3.00. The summed E-state index contributed by atoms with van der Waals surface area (Å²) in [5.74, 6) is 0.554. The lowest BCUT2D eigenvalue weighted by Crippen LogP contribution is -2.47. The third-order valence-corrected chi connectivity index (χ3v) is 8.96. The zero-order valence-corrected chi connectivity index (χ0v) is 21.6. The third kappa shape index (κ3) is 3.51. The van der Waals surface area contributed by atoms with Crippen LogP contribution in [0.4, 0.5) is 4.79 Å². The van der Waals surface area contributed by atoms with Gasteiger partial charge < -0.3 is 4.90 Å². The lowest BCUT2D eigenvalue weighted by Gasteiger charge is -2.44. The van der Waals surface area contributed by atoms with E-state index in [0.717, 1.165) is 33.1 Å². The van der Waals surface area contributed by atoms with Crippen molar-refractivity contribution in [2.45, 2.75) is 65.3 Å². The fourth-order valence-electron chi connectivity index (χ4n) is 5.54. The Kier molecular flexibility index (Phi) is 6.52. The quantitative estimate of drug-likeness (QED) is 0.506. The fourth-order valence-corrected chi connectivity index (χ4v) is 6.46. The minimum atomic E-state index is -0.0516. The molecule has 164 valence electrons. The highest BCUT2D eigenvalue weighted by molar-refractivity contribution is 9.13. The van der Waals surface area contributed by atoms with Gasteiger partial charge in [0.05, 0.1) is 9.99 Å². The lowest BCUT2D eigenvalue weighted by molar-refractivity contribution is 0.124. The van der Waals surface area contributed by atoms with Crippen molar-refractivity contribution < 1.29 is 4.79 Å². The molecule has 0 bridgehead atoms. The molecule has 0 saturated carbocycles. The van der Waals surface area contributed by atoms with E-state index in [1.54, 1.807) is 0 Å². The van der Waals surface area contributed by atoms with Gasteiger partial charge in [0.25, 0.3) is 0 Å². The number of nitrogens with one attached hydrogen (secondary N) is 1. The summed E-state index contributed by atoms with van der Waals surface area (Å²) in [4.78, 5) is 17.4. The second kappa shape index (κ2) is 8.83. The van der Waals surface area contributed by atoms with Crippen molar-refractivity contribution in [3.8, 4) is 0 Å². The van der Waals surface area contributed by atoms with Crippen LogP contribution >= 0.6 is 31.9 Å². The number of carbonyl (C=O) groups is 1. The third-order valence-electron chi connectivity index (χ3n) is 7.00. The first-order valence-corrected chi connectivity index (χ1v) is 12.8. The molecule has 2 aromatic rings. The molecule has 1 saturated heterocycles. The average molecular weight is 540 g/mol. The van der Waals surface area contributed by atoms with Crippen LogP contribution in [-0.4, -0.2) is 52.7 Å². The number of benzene rings is 1. The second-order valence-electron chi connectivity index (χ2n) is 8.53. The predicted octanol–water partition coefficient (Wildman–Crippen LogP) is 5.99. The Balaban J connectivity index is 1.87. The van der Waals surface area contributed by atoms with Crippen molar-refractivity contribution >= 4 is 48.8 Å². The van der Waals surface area contributed by atoms with Crippen molar-refractivity contribution in [3.63, 3.8) is 0 Å². The monoisotopic (exact) mass is 538 g/mol. The Labute approximate surface area is 196 Å². The van der Waals surface area contributed by atoms with E-state index in [0.29, 0.717) is 25.0 Å². The molecule has 2 atom stereocenters. The van der Waals surface area contributed by atoms with E-state index in [1.165, 1.54) is 42.3 Å². The van der Waals surface area contributed by atoms with Crippen LogP contribution in [0.25, 0.3) is 10.9 Å². The number of aromatic nitrogens is 1. The second-order valence-corrected chi connectivity index (χ2v) is 10.2. The van der Waals surface area contributed by atoms with E-state index in [9.17, 15) is 4.79 Å². The largest absolute Gasteiger partial charge is 0.336 e. The lowest BCUT2D eigenvalue weighted by atomic mass is 9.74. The number of hydrogen-bond acceptors (Lipinski definition) is 2. The highest BCUT2D eigenvalue weighted by atomic mass is 79.9. The normalized spacial score (nSPS) is 21.0. The van der Waals surface area contributed by atoms with Gasteiger partial charge in [0.1, 0.15) is 0 Å². The number of fused-ring (bicyclic) bond motifs is 2. The van der Waals surface area contributed by atoms with Gasteiger partial charge in [-0.2, -0.15) is 0 Å². The van der Waals surface area contributed by atoms with Crippen LogP contribution in [0.3, 0.4) is 0 Å². The fraction of sp³-hybridized carbons (Fsp3) is 0.609. The molecule has 0 spiro atoms. The van der Waals surface area contributed by atoms with Crippen LogP contribution in [0.15, 0.2) is 15.0 Å². The topological polar surface area (TPSA) is 40.5 Å². The van der Waals surface area contributed by atoms with E-state index < -0.39 is 0 Å². The minimum Gasteiger partial charge on any atom is -0.324 e. The van der Waals surface area contributed by atoms with Crippen molar-refractivity contribution in [2.24, 2.45) is 0 Å². The van der Waals surface area contributed by atoms with Crippen LogP contribution in [0, 0.1) is 6.92 Å². The summed E-state index contributed by atoms with van der Waals surface area (Å²) in [7, 11) is 0. The van der Waals surface area contributed by atoms with Gasteiger partial charge in [-0.25, -0.2) is 10.2 Å². The van der Waals surface area contributed by atoms with Gasteiger partial charge >= 0.3 is 6.03 Å². The molecule has 0 radical (unpaired) electrons. The number of urea groups is 1. The maximum Gasteiger partial charge on any atom is 0.336 e.